The highest BCUT2D eigenvalue weighted by atomic mass is 16.4. The van der Waals surface area contributed by atoms with E-state index < -0.39 is 6.10 Å². The maximum atomic E-state index is 12.2. The van der Waals surface area contributed by atoms with Gasteiger partial charge in [-0.3, -0.25) is 4.79 Å². The molecular formula is C22H31N9O3. The summed E-state index contributed by atoms with van der Waals surface area (Å²) in [4.78, 5) is 27.6. The predicted octanol–water partition coefficient (Wildman–Crippen LogP) is 1.68. The first-order valence-electron chi connectivity index (χ1n) is 11.4. The van der Waals surface area contributed by atoms with Gasteiger partial charge in [0.2, 0.25) is 11.8 Å². The molecule has 0 saturated carbocycles. The third kappa shape index (κ3) is 4.91. The van der Waals surface area contributed by atoms with Crippen LogP contribution >= 0.6 is 0 Å². The first-order chi connectivity index (χ1) is 16.0. The molecule has 182 valence electrons. The molecule has 1 unspecified atom stereocenters. The summed E-state index contributed by atoms with van der Waals surface area (Å²) in [5, 5.41) is 22.3. The monoisotopic (exact) mass is 469 g/mol. The lowest BCUT2D eigenvalue weighted by atomic mass is 9.96. The zero-order valence-electron chi connectivity index (χ0n) is 20.2. The van der Waals surface area contributed by atoms with Crippen molar-refractivity contribution < 1.29 is 14.3 Å². The Morgan fingerprint density at radius 1 is 1.26 bits per heavy atom. The molecule has 34 heavy (non-hydrogen) atoms. The van der Waals surface area contributed by atoms with Crippen LogP contribution in [0.4, 0.5) is 5.82 Å². The van der Waals surface area contributed by atoms with E-state index in [9.17, 15) is 9.90 Å². The maximum absolute atomic E-state index is 12.2. The Hall–Kier alpha value is -3.41. The Kier molecular flexibility index (Phi) is 6.34. The fourth-order valence-electron chi connectivity index (χ4n) is 3.85. The zero-order valence-corrected chi connectivity index (χ0v) is 20.2. The molecule has 3 aromatic heterocycles. The summed E-state index contributed by atoms with van der Waals surface area (Å²) in [6.07, 6.45) is 2.57. The molecule has 12 heteroatoms. The lowest BCUT2D eigenvalue weighted by Gasteiger charge is -2.31. The largest absolute Gasteiger partial charge is 0.419 e. The summed E-state index contributed by atoms with van der Waals surface area (Å²) in [5.74, 6) is 2.22. The molecule has 4 heterocycles. The summed E-state index contributed by atoms with van der Waals surface area (Å²) in [5.41, 5.74) is 6.54. The number of aromatic nitrogens is 7. The van der Waals surface area contributed by atoms with Gasteiger partial charge in [-0.05, 0) is 19.8 Å². The highest BCUT2D eigenvalue weighted by Crippen LogP contribution is 2.30. The number of nitrogens with zero attached hydrogens (tertiary/aromatic N) is 8. The van der Waals surface area contributed by atoms with E-state index >= 15 is 0 Å². The maximum Gasteiger partial charge on any atom is 0.270 e. The number of hydrogen-bond donors (Lipinski definition) is 2. The smallest absolute Gasteiger partial charge is 0.270 e. The van der Waals surface area contributed by atoms with Gasteiger partial charge in [-0.2, -0.15) is 5.10 Å². The number of rotatable bonds is 5. The van der Waals surface area contributed by atoms with Crippen LogP contribution in [0.3, 0.4) is 0 Å². The van der Waals surface area contributed by atoms with Gasteiger partial charge in [-0.15, -0.1) is 10.2 Å². The van der Waals surface area contributed by atoms with Crippen molar-refractivity contribution in [2.45, 2.75) is 64.4 Å². The second-order valence-electron chi connectivity index (χ2n) is 9.78. The Morgan fingerprint density at radius 3 is 2.59 bits per heavy atom. The van der Waals surface area contributed by atoms with Crippen molar-refractivity contribution in [2.75, 3.05) is 18.8 Å². The quantitative estimate of drug-likeness (QED) is 0.562. The number of carbonyl (C=O) groups excluding carboxylic acids is 1. The lowest BCUT2D eigenvalue weighted by molar-refractivity contribution is -0.134. The minimum absolute atomic E-state index is 0.0246. The SMILES string of the molecule is CC(O)CC(=O)N1CCC(c2nc(-c3cnc(N)c(-c4nnc(C(C)(C)C)o4)n3)n(C)n2)CC1. The fraction of sp³-hybridized carbons (Fsp3) is 0.591. The van der Waals surface area contributed by atoms with Crippen LogP contribution in [0.1, 0.15) is 64.6 Å². The number of aliphatic hydroxyl groups excluding tert-OH is 1. The van der Waals surface area contributed by atoms with Crippen LogP contribution in [0.5, 0.6) is 0 Å². The van der Waals surface area contributed by atoms with Gasteiger partial charge in [0.05, 0.1) is 18.7 Å². The van der Waals surface area contributed by atoms with Crippen molar-refractivity contribution in [3.8, 4) is 23.1 Å². The van der Waals surface area contributed by atoms with E-state index in [1.165, 1.54) is 0 Å². The topological polar surface area (TPSA) is 162 Å². The molecule has 0 radical (unpaired) electrons. The molecule has 1 saturated heterocycles. The standard InChI is InChI=1S/C22H31N9O3/c1-12(32)10-15(33)31-8-6-13(7-9-31)18-26-19(30(5)29-18)14-11-24-17(23)16(25-14)20-27-28-21(34-20)22(2,3)4/h11-13,32H,6-10H2,1-5H3,(H2,23,24). The molecule has 1 fully saturated rings. The number of hydrogen-bond acceptors (Lipinski definition) is 10. The first-order valence-corrected chi connectivity index (χ1v) is 11.4. The van der Waals surface area contributed by atoms with Crippen molar-refractivity contribution in [3.63, 3.8) is 0 Å². The second-order valence-corrected chi connectivity index (χ2v) is 9.78. The molecular weight excluding hydrogens is 438 g/mol. The molecule has 0 spiro atoms. The Labute approximate surface area is 197 Å². The van der Waals surface area contributed by atoms with Crippen LogP contribution in [0.15, 0.2) is 10.6 Å². The molecule has 1 aliphatic rings. The summed E-state index contributed by atoms with van der Waals surface area (Å²) in [6.45, 7) is 8.78. The van der Waals surface area contributed by atoms with Gasteiger partial charge in [0, 0.05) is 31.5 Å². The van der Waals surface area contributed by atoms with E-state index in [1.54, 1.807) is 29.7 Å². The first kappa shape index (κ1) is 23.7. The number of carbonyl (C=O) groups is 1. The van der Waals surface area contributed by atoms with Crippen molar-refractivity contribution >= 4 is 11.7 Å². The number of nitrogens with two attached hydrogens (primary N) is 1. The zero-order chi connectivity index (χ0) is 24.6. The molecule has 4 rings (SSSR count). The highest BCUT2D eigenvalue weighted by molar-refractivity contribution is 5.76. The van der Waals surface area contributed by atoms with Gasteiger partial charge < -0.3 is 20.2 Å². The highest BCUT2D eigenvalue weighted by Gasteiger charge is 2.28. The van der Waals surface area contributed by atoms with Gasteiger partial charge >= 0.3 is 0 Å². The number of aryl methyl sites for hydroxylation is 1. The molecule has 0 aliphatic carbocycles. The summed E-state index contributed by atoms with van der Waals surface area (Å²) < 4.78 is 7.46. The molecule has 1 amide bonds. The summed E-state index contributed by atoms with van der Waals surface area (Å²) in [7, 11) is 1.80. The van der Waals surface area contributed by atoms with Crippen molar-refractivity contribution in [1.82, 2.24) is 39.8 Å². The van der Waals surface area contributed by atoms with Gasteiger partial charge in [-0.25, -0.2) is 19.6 Å². The molecule has 12 nitrogen and oxygen atoms in total. The number of anilines is 1. The van der Waals surface area contributed by atoms with E-state index in [4.69, 9.17) is 15.1 Å². The van der Waals surface area contributed by atoms with Gasteiger partial charge in [0.1, 0.15) is 5.69 Å². The minimum Gasteiger partial charge on any atom is -0.419 e. The van der Waals surface area contributed by atoms with Crippen molar-refractivity contribution in [2.24, 2.45) is 7.05 Å². The second kappa shape index (κ2) is 9.09. The van der Waals surface area contributed by atoms with Crippen LogP contribution in [-0.4, -0.2) is 70.0 Å². The molecule has 3 aromatic rings. The Bertz CT molecular complexity index is 1170. The van der Waals surface area contributed by atoms with Crippen LogP contribution < -0.4 is 5.73 Å². The number of aliphatic hydroxyl groups is 1. The summed E-state index contributed by atoms with van der Waals surface area (Å²) in [6, 6.07) is 0. The molecule has 3 N–H and O–H groups in total. The Morgan fingerprint density at radius 2 is 1.97 bits per heavy atom. The predicted molar refractivity (Wildman–Crippen MR) is 123 cm³/mol. The van der Waals surface area contributed by atoms with Gasteiger partial charge in [0.15, 0.2) is 23.2 Å². The minimum atomic E-state index is -0.636. The van der Waals surface area contributed by atoms with Crippen LogP contribution in [0.25, 0.3) is 23.1 Å². The third-order valence-electron chi connectivity index (χ3n) is 5.76. The van der Waals surface area contributed by atoms with E-state index in [2.05, 4.69) is 25.3 Å². The van der Waals surface area contributed by atoms with Gasteiger partial charge in [-0.1, -0.05) is 20.8 Å². The van der Waals surface area contributed by atoms with E-state index in [-0.39, 0.29) is 35.4 Å². The van der Waals surface area contributed by atoms with Crippen molar-refractivity contribution in [1.29, 1.82) is 0 Å². The average molecular weight is 470 g/mol. The number of nitrogen functional groups attached to an aromatic ring is 1. The number of piperidine rings is 1. The van der Waals surface area contributed by atoms with Crippen LogP contribution in [0, 0.1) is 0 Å². The van der Waals surface area contributed by atoms with Crippen LogP contribution in [0.2, 0.25) is 0 Å². The van der Waals surface area contributed by atoms with Crippen LogP contribution in [-0.2, 0) is 17.3 Å². The third-order valence-corrected chi connectivity index (χ3v) is 5.76. The van der Waals surface area contributed by atoms with E-state index in [1.807, 2.05) is 20.8 Å². The van der Waals surface area contributed by atoms with E-state index in [0.29, 0.717) is 42.0 Å². The normalized spacial score (nSPS) is 16.1. The molecule has 1 atom stereocenters. The van der Waals surface area contributed by atoms with Crippen molar-refractivity contribution in [3.05, 3.63) is 17.9 Å². The lowest BCUT2D eigenvalue weighted by Crippen LogP contribution is -2.39. The molecule has 0 aromatic carbocycles. The molecule has 0 bridgehead atoms. The number of likely N-dealkylation sites (tertiary alicyclic amines) is 1. The van der Waals surface area contributed by atoms with E-state index in [0.717, 1.165) is 12.8 Å². The van der Waals surface area contributed by atoms with Gasteiger partial charge in [0.25, 0.3) is 5.89 Å². The summed E-state index contributed by atoms with van der Waals surface area (Å²) >= 11 is 0. The average Bonchev–Trinajstić information content (AvgIpc) is 3.41. The number of amides is 1. The Balaban J connectivity index is 1.53. The fourth-order valence-corrected chi connectivity index (χ4v) is 3.85. The molecule has 1 aliphatic heterocycles.